The van der Waals surface area contributed by atoms with E-state index < -0.39 is 0 Å². The van der Waals surface area contributed by atoms with Gasteiger partial charge in [0.25, 0.3) is 0 Å². The van der Waals surface area contributed by atoms with Crippen LogP contribution in [0.4, 0.5) is 10.2 Å². The highest BCUT2D eigenvalue weighted by Crippen LogP contribution is 2.32. The number of carbonyl (C=O) groups excluding carboxylic acids is 1. The van der Waals surface area contributed by atoms with Crippen molar-refractivity contribution in [3.05, 3.63) is 71.9 Å². The first-order valence-electron chi connectivity index (χ1n) is 14.5. The van der Waals surface area contributed by atoms with Crippen LogP contribution in [-0.4, -0.2) is 82.4 Å². The molecule has 0 spiro atoms. The minimum atomic E-state index is -0.250. The zero-order valence-electron chi connectivity index (χ0n) is 23.1. The monoisotopic (exact) mass is 557 g/mol. The van der Waals surface area contributed by atoms with Gasteiger partial charge in [-0.1, -0.05) is 18.2 Å². The number of nitrogens with zero attached hydrogens (tertiary/aromatic N) is 5. The Morgan fingerprint density at radius 2 is 1.85 bits per heavy atom. The average Bonchev–Trinajstić information content (AvgIpc) is 3.71. The molecule has 5 heterocycles. The lowest BCUT2D eigenvalue weighted by molar-refractivity contribution is -0.138. The maximum Gasteiger partial charge on any atom is 0.225 e. The molecular formula is C31H36FN7O2. The fourth-order valence-corrected chi connectivity index (χ4v) is 6.03. The number of anilines is 1. The average molecular weight is 558 g/mol. The number of aromatic amines is 1. The number of hydrogen-bond donors (Lipinski definition) is 2. The summed E-state index contributed by atoms with van der Waals surface area (Å²) in [5, 5.41) is 8.64. The Labute approximate surface area is 239 Å². The third-order valence-corrected chi connectivity index (χ3v) is 8.29. The second-order valence-electron chi connectivity index (χ2n) is 10.9. The summed E-state index contributed by atoms with van der Waals surface area (Å²) in [6.07, 6.45) is 8.79. The summed E-state index contributed by atoms with van der Waals surface area (Å²) in [4.78, 5) is 31.8. The Morgan fingerprint density at radius 1 is 1.05 bits per heavy atom. The number of halogens is 1. The van der Waals surface area contributed by atoms with Crippen molar-refractivity contribution >= 4 is 23.6 Å². The van der Waals surface area contributed by atoms with Crippen LogP contribution < -0.4 is 4.90 Å². The number of aromatic nitrogens is 3. The van der Waals surface area contributed by atoms with Gasteiger partial charge in [-0.15, -0.1) is 0 Å². The molecule has 2 N–H and O–H groups in total. The molecule has 1 unspecified atom stereocenters. The number of piperazine rings is 1. The number of H-pyrrole nitrogens is 1. The van der Waals surface area contributed by atoms with E-state index in [1.54, 1.807) is 30.5 Å². The maximum atomic E-state index is 13.8. The molecule has 1 atom stereocenters. The van der Waals surface area contributed by atoms with Crippen LogP contribution in [0.15, 0.2) is 54.7 Å². The molecule has 3 aromatic rings. The van der Waals surface area contributed by atoms with Crippen molar-refractivity contribution in [1.29, 1.82) is 5.41 Å². The predicted octanol–water partition coefficient (Wildman–Crippen LogP) is 4.51. The van der Waals surface area contributed by atoms with Gasteiger partial charge in [0.15, 0.2) is 0 Å². The molecule has 1 amide bonds. The van der Waals surface area contributed by atoms with Crippen molar-refractivity contribution in [3.8, 4) is 11.4 Å². The van der Waals surface area contributed by atoms with Crippen molar-refractivity contribution in [2.45, 2.75) is 31.7 Å². The maximum absolute atomic E-state index is 13.8. The van der Waals surface area contributed by atoms with Crippen LogP contribution in [-0.2, 0) is 9.53 Å². The third kappa shape index (κ3) is 6.17. The Balaban J connectivity index is 1.07. The molecule has 9 nitrogen and oxygen atoms in total. The van der Waals surface area contributed by atoms with Crippen molar-refractivity contribution in [2.24, 2.45) is 5.92 Å². The summed E-state index contributed by atoms with van der Waals surface area (Å²) in [5.74, 6) is 2.00. The molecule has 3 saturated heterocycles. The van der Waals surface area contributed by atoms with Gasteiger partial charge < -0.3 is 24.4 Å². The van der Waals surface area contributed by atoms with E-state index in [9.17, 15) is 9.18 Å². The zero-order chi connectivity index (χ0) is 28.2. The van der Waals surface area contributed by atoms with Gasteiger partial charge in [0.2, 0.25) is 5.91 Å². The fourth-order valence-electron chi connectivity index (χ4n) is 6.03. The molecule has 0 saturated carbocycles. The van der Waals surface area contributed by atoms with E-state index in [1.165, 1.54) is 6.07 Å². The summed E-state index contributed by atoms with van der Waals surface area (Å²) in [5.41, 5.74) is 2.49. The van der Waals surface area contributed by atoms with Gasteiger partial charge in [-0.3, -0.25) is 10.2 Å². The first kappa shape index (κ1) is 27.1. The predicted molar refractivity (Wildman–Crippen MR) is 156 cm³/mol. The minimum Gasteiger partial charge on any atom is -0.381 e. The summed E-state index contributed by atoms with van der Waals surface area (Å²) in [7, 11) is 0. The normalized spacial score (nSPS) is 20.2. The van der Waals surface area contributed by atoms with Crippen LogP contribution in [0.5, 0.6) is 0 Å². The lowest BCUT2D eigenvalue weighted by Gasteiger charge is -2.37. The number of amidine groups is 1. The van der Waals surface area contributed by atoms with Crippen LogP contribution in [0.1, 0.15) is 43.1 Å². The number of pyridine rings is 1. The van der Waals surface area contributed by atoms with E-state index in [1.807, 2.05) is 34.1 Å². The molecule has 214 valence electrons. The quantitative estimate of drug-likeness (QED) is 0.342. The number of rotatable bonds is 6. The van der Waals surface area contributed by atoms with Gasteiger partial charge in [0, 0.05) is 51.9 Å². The molecule has 10 heteroatoms. The summed E-state index contributed by atoms with van der Waals surface area (Å²) in [6, 6.07) is 12.6. The number of ether oxygens (including phenoxy) is 1. The highest BCUT2D eigenvalue weighted by atomic mass is 19.1. The van der Waals surface area contributed by atoms with Gasteiger partial charge >= 0.3 is 0 Å². The Kier molecular flexibility index (Phi) is 8.09. The van der Waals surface area contributed by atoms with Crippen LogP contribution in [0.2, 0.25) is 0 Å². The van der Waals surface area contributed by atoms with E-state index >= 15 is 0 Å². The lowest BCUT2D eigenvalue weighted by atomic mass is 9.98. The zero-order valence-corrected chi connectivity index (χ0v) is 23.1. The van der Waals surface area contributed by atoms with Crippen molar-refractivity contribution in [1.82, 2.24) is 24.8 Å². The highest BCUT2D eigenvalue weighted by Gasteiger charge is 2.29. The first-order chi connectivity index (χ1) is 20.0. The van der Waals surface area contributed by atoms with Gasteiger partial charge in [-0.25, -0.2) is 14.4 Å². The number of imidazole rings is 1. The highest BCUT2D eigenvalue weighted by molar-refractivity contribution is 5.94. The molecule has 0 radical (unpaired) electrons. The van der Waals surface area contributed by atoms with E-state index in [0.717, 1.165) is 68.1 Å². The van der Waals surface area contributed by atoms with Crippen molar-refractivity contribution in [3.63, 3.8) is 0 Å². The summed E-state index contributed by atoms with van der Waals surface area (Å²) < 4.78 is 19.2. The fraction of sp³-hybridized carbons (Fsp3) is 0.419. The summed E-state index contributed by atoms with van der Waals surface area (Å²) in [6.45, 7) is 5.01. The smallest absolute Gasteiger partial charge is 0.225 e. The molecular weight excluding hydrogens is 521 g/mol. The van der Waals surface area contributed by atoms with E-state index in [0.29, 0.717) is 38.0 Å². The van der Waals surface area contributed by atoms with Crippen LogP contribution in [0.3, 0.4) is 0 Å². The topological polar surface area (TPSA) is 101 Å². The summed E-state index contributed by atoms with van der Waals surface area (Å²) >= 11 is 0. The van der Waals surface area contributed by atoms with E-state index in [-0.39, 0.29) is 23.7 Å². The third-order valence-electron chi connectivity index (χ3n) is 8.29. The van der Waals surface area contributed by atoms with Gasteiger partial charge in [-0.2, -0.15) is 0 Å². The van der Waals surface area contributed by atoms with E-state index in [4.69, 9.17) is 15.1 Å². The molecule has 0 aliphatic carbocycles. The van der Waals surface area contributed by atoms with Crippen molar-refractivity contribution in [2.75, 3.05) is 50.8 Å². The Morgan fingerprint density at radius 3 is 2.66 bits per heavy atom. The van der Waals surface area contributed by atoms with Gasteiger partial charge in [-0.05, 0) is 67.7 Å². The number of carbonyl (C=O) groups is 1. The van der Waals surface area contributed by atoms with Gasteiger partial charge in [0.05, 0.1) is 23.6 Å². The number of likely N-dealkylation sites (tertiary alicyclic amines) is 1. The Bertz CT molecular complexity index is 1410. The SMILES string of the molecule is N=C(/C=C\c1ncc(-c2cccc(N3CCN(C(=O)C4CCOCC4)CC3)n2)[nH]1)N1CCCC1c1cccc(F)c1. The van der Waals surface area contributed by atoms with Crippen molar-refractivity contribution < 1.29 is 13.9 Å². The van der Waals surface area contributed by atoms with Gasteiger partial charge in [0.1, 0.15) is 23.3 Å². The lowest BCUT2D eigenvalue weighted by Crippen LogP contribution is -2.51. The van der Waals surface area contributed by atoms with Crippen LogP contribution in [0, 0.1) is 17.1 Å². The standard InChI is InChI=1S/C31H36FN7O2/c32-24-5-1-4-23(20-24)27-7-3-13-39(27)28(33)9-10-29-34-21-26(35-29)25-6-2-8-30(36-25)37-14-16-38(17-15-37)31(40)22-11-18-41-19-12-22/h1-2,4-6,8-10,20-22,27,33H,3,7,11-19H2,(H,34,35)/b10-9-,33-28?. The largest absolute Gasteiger partial charge is 0.381 e. The Hall–Kier alpha value is -4.05. The second kappa shape index (κ2) is 12.2. The number of amides is 1. The first-order valence-corrected chi connectivity index (χ1v) is 14.5. The molecule has 0 bridgehead atoms. The minimum absolute atomic E-state index is 0.00352. The molecule has 41 heavy (non-hydrogen) atoms. The van der Waals surface area contributed by atoms with E-state index in [2.05, 4.69) is 14.9 Å². The molecule has 1 aromatic carbocycles. The number of nitrogens with one attached hydrogen (secondary N) is 2. The molecule has 3 fully saturated rings. The number of hydrogen-bond acceptors (Lipinski definition) is 6. The molecule has 3 aliphatic heterocycles. The number of benzene rings is 1. The second-order valence-corrected chi connectivity index (χ2v) is 10.9. The van der Waals surface area contributed by atoms with Crippen LogP contribution in [0.25, 0.3) is 17.5 Å². The molecule has 6 rings (SSSR count). The molecule has 2 aromatic heterocycles. The van der Waals surface area contributed by atoms with Crippen LogP contribution >= 0.6 is 0 Å². The molecule has 3 aliphatic rings.